The highest BCUT2D eigenvalue weighted by Gasteiger charge is 2.25. The molecule has 0 unspecified atom stereocenters. The van der Waals surface area contributed by atoms with Gasteiger partial charge in [-0.1, -0.05) is 6.07 Å². The molecule has 0 bridgehead atoms. The van der Waals surface area contributed by atoms with E-state index in [1.807, 2.05) is 30.1 Å². The standard InChI is InChI=1S/C17H25N5O2/c1-20(12-16(23)19-14-5-6-14)13-17(24)22-10-8-21(9-11-22)15-4-2-3-7-18-15/h2-4,7,14H,5-6,8-13H2,1H3,(H,19,23). The van der Waals surface area contributed by atoms with E-state index in [-0.39, 0.29) is 24.9 Å². The molecule has 1 N–H and O–H groups in total. The lowest BCUT2D eigenvalue weighted by Gasteiger charge is -2.36. The zero-order chi connectivity index (χ0) is 16.9. The number of pyridine rings is 1. The van der Waals surface area contributed by atoms with E-state index in [4.69, 9.17) is 0 Å². The van der Waals surface area contributed by atoms with Crippen molar-refractivity contribution in [2.75, 3.05) is 51.2 Å². The van der Waals surface area contributed by atoms with Crippen molar-refractivity contribution >= 4 is 17.6 Å². The molecule has 2 amide bonds. The van der Waals surface area contributed by atoms with E-state index in [0.717, 1.165) is 31.7 Å². The molecule has 2 heterocycles. The Morgan fingerprint density at radius 2 is 1.96 bits per heavy atom. The molecule has 1 aromatic rings. The summed E-state index contributed by atoms with van der Waals surface area (Å²) in [5, 5.41) is 2.94. The number of nitrogens with zero attached hydrogens (tertiary/aromatic N) is 4. The van der Waals surface area contributed by atoms with Gasteiger partial charge in [0.1, 0.15) is 5.82 Å². The fourth-order valence-corrected chi connectivity index (χ4v) is 2.86. The summed E-state index contributed by atoms with van der Waals surface area (Å²) >= 11 is 0. The number of hydrogen-bond acceptors (Lipinski definition) is 5. The van der Waals surface area contributed by atoms with E-state index in [1.165, 1.54) is 0 Å². The van der Waals surface area contributed by atoms with Gasteiger partial charge < -0.3 is 15.1 Å². The van der Waals surface area contributed by atoms with Gasteiger partial charge in [-0.2, -0.15) is 0 Å². The molecule has 0 radical (unpaired) electrons. The van der Waals surface area contributed by atoms with Gasteiger partial charge in [0.25, 0.3) is 0 Å². The molecule has 0 atom stereocenters. The van der Waals surface area contributed by atoms with Crippen molar-refractivity contribution < 1.29 is 9.59 Å². The topological polar surface area (TPSA) is 68.8 Å². The minimum atomic E-state index is 0.00720. The number of amides is 2. The molecule has 1 saturated carbocycles. The lowest BCUT2D eigenvalue weighted by molar-refractivity contribution is -0.133. The zero-order valence-corrected chi connectivity index (χ0v) is 14.1. The van der Waals surface area contributed by atoms with Crippen LogP contribution in [0.2, 0.25) is 0 Å². The van der Waals surface area contributed by atoms with Crippen LogP contribution in [0, 0.1) is 0 Å². The van der Waals surface area contributed by atoms with Gasteiger partial charge in [0.15, 0.2) is 0 Å². The van der Waals surface area contributed by atoms with Crippen LogP contribution >= 0.6 is 0 Å². The van der Waals surface area contributed by atoms with Gasteiger partial charge in [-0.05, 0) is 32.0 Å². The largest absolute Gasteiger partial charge is 0.353 e. The molecule has 3 rings (SSSR count). The monoisotopic (exact) mass is 331 g/mol. The summed E-state index contributed by atoms with van der Waals surface area (Å²) in [5.41, 5.74) is 0. The predicted molar refractivity (Wildman–Crippen MR) is 91.7 cm³/mol. The van der Waals surface area contributed by atoms with E-state index < -0.39 is 0 Å². The molecular formula is C17H25N5O2. The summed E-state index contributed by atoms with van der Waals surface area (Å²) in [5.74, 6) is 1.05. The number of rotatable bonds is 6. The maximum atomic E-state index is 12.4. The lowest BCUT2D eigenvalue weighted by Crippen LogP contribution is -2.51. The molecule has 2 fully saturated rings. The van der Waals surface area contributed by atoms with Crippen LogP contribution in [-0.4, -0.2) is 79.0 Å². The molecule has 0 spiro atoms. The van der Waals surface area contributed by atoms with Crippen molar-refractivity contribution in [2.45, 2.75) is 18.9 Å². The van der Waals surface area contributed by atoms with Crippen molar-refractivity contribution in [1.29, 1.82) is 0 Å². The average molecular weight is 331 g/mol. The quantitative estimate of drug-likeness (QED) is 0.791. The first-order valence-electron chi connectivity index (χ1n) is 8.53. The Labute approximate surface area is 142 Å². The average Bonchev–Trinajstić information content (AvgIpc) is 3.39. The van der Waals surface area contributed by atoms with Gasteiger partial charge in [0.2, 0.25) is 11.8 Å². The summed E-state index contributed by atoms with van der Waals surface area (Å²) in [6.07, 6.45) is 3.94. The zero-order valence-electron chi connectivity index (χ0n) is 14.1. The molecule has 1 aliphatic heterocycles. The summed E-state index contributed by atoms with van der Waals surface area (Å²) in [6.45, 7) is 3.51. The third kappa shape index (κ3) is 4.67. The Balaban J connectivity index is 1.40. The van der Waals surface area contributed by atoms with E-state index in [0.29, 0.717) is 19.1 Å². The summed E-state index contributed by atoms with van der Waals surface area (Å²) < 4.78 is 0. The number of carbonyl (C=O) groups excluding carboxylic acids is 2. The summed E-state index contributed by atoms with van der Waals surface area (Å²) in [4.78, 5) is 34.4. The first kappa shape index (κ1) is 16.7. The third-order valence-corrected chi connectivity index (χ3v) is 4.37. The minimum absolute atomic E-state index is 0.00720. The smallest absolute Gasteiger partial charge is 0.236 e. The number of likely N-dealkylation sites (N-methyl/N-ethyl adjacent to an activating group) is 1. The number of hydrogen-bond donors (Lipinski definition) is 1. The summed E-state index contributed by atoms with van der Waals surface area (Å²) in [6, 6.07) is 6.23. The Morgan fingerprint density at radius 1 is 1.21 bits per heavy atom. The molecule has 1 aliphatic carbocycles. The Kier molecular flexibility index (Phi) is 5.30. The molecule has 7 heteroatoms. The van der Waals surface area contributed by atoms with E-state index in [2.05, 4.69) is 15.2 Å². The highest BCUT2D eigenvalue weighted by Crippen LogP contribution is 2.18. The maximum Gasteiger partial charge on any atom is 0.236 e. The molecule has 24 heavy (non-hydrogen) atoms. The van der Waals surface area contributed by atoms with Gasteiger partial charge in [0, 0.05) is 38.4 Å². The second-order valence-corrected chi connectivity index (χ2v) is 6.57. The van der Waals surface area contributed by atoms with Crippen molar-refractivity contribution in [3.8, 4) is 0 Å². The van der Waals surface area contributed by atoms with Crippen molar-refractivity contribution in [1.82, 2.24) is 20.1 Å². The second-order valence-electron chi connectivity index (χ2n) is 6.57. The molecule has 1 aromatic heterocycles. The van der Waals surface area contributed by atoms with Crippen LogP contribution in [0.1, 0.15) is 12.8 Å². The Hall–Kier alpha value is -2.15. The Bertz CT molecular complexity index is 568. The molecule has 0 aromatic carbocycles. The molecule has 7 nitrogen and oxygen atoms in total. The van der Waals surface area contributed by atoms with Crippen LogP contribution in [-0.2, 0) is 9.59 Å². The van der Waals surface area contributed by atoms with Crippen molar-refractivity contribution in [3.63, 3.8) is 0 Å². The first-order chi connectivity index (χ1) is 11.6. The highest BCUT2D eigenvalue weighted by atomic mass is 16.2. The molecule has 1 saturated heterocycles. The van der Waals surface area contributed by atoms with Crippen LogP contribution in [0.4, 0.5) is 5.82 Å². The third-order valence-electron chi connectivity index (χ3n) is 4.37. The van der Waals surface area contributed by atoms with E-state index in [1.54, 1.807) is 11.1 Å². The normalized spacial score (nSPS) is 17.9. The van der Waals surface area contributed by atoms with Crippen LogP contribution < -0.4 is 10.2 Å². The number of piperazine rings is 1. The Morgan fingerprint density at radius 3 is 2.58 bits per heavy atom. The van der Waals surface area contributed by atoms with Gasteiger partial charge >= 0.3 is 0 Å². The molecule has 130 valence electrons. The molecular weight excluding hydrogens is 306 g/mol. The second kappa shape index (κ2) is 7.61. The fourth-order valence-electron chi connectivity index (χ4n) is 2.86. The number of aromatic nitrogens is 1. The van der Waals surface area contributed by atoms with Gasteiger partial charge in [0.05, 0.1) is 13.1 Å². The van der Waals surface area contributed by atoms with E-state index in [9.17, 15) is 9.59 Å². The number of anilines is 1. The van der Waals surface area contributed by atoms with Gasteiger partial charge in [-0.15, -0.1) is 0 Å². The van der Waals surface area contributed by atoms with Gasteiger partial charge in [-0.25, -0.2) is 4.98 Å². The molecule has 2 aliphatic rings. The fraction of sp³-hybridized carbons (Fsp3) is 0.588. The van der Waals surface area contributed by atoms with Crippen LogP contribution in [0.15, 0.2) is 24.4 Å². The first-order valence-corrected chi connectivity index (χ1v) is 8.53. The lowest BCUT2D eigenvalue weighted by atomic mass is 10.3. The predicted octanol–water partition coefficient (Wildman–Crippen LogP) is -0.0594. The van der Waals surface area contributed by atoms with Gasteiger partial charge in [-0.3, -0.25) is 14.5 Å². The minimum Gasteiger partial charge on any atom is -0.353 e. The van der Waals surface area contributed by atoms with Crippen LogP contribution in [0.25, 0.3) is 0 Å². The SMILES string of the molecule is CN(CC(=O)NC1CC1)CC(=O)N1CCN(c2ccccn2)CC1. The highest BCUT2D eigenvalue weighted by molar-refractivity contribution is 5.81. The summed E-state index contributed by atoms with van der Waals surface area (Å²) in [7, 11) is 1.81. The number of carbonyl (C=O) groups is 2. The van der Waals surface area contributed by atoms with E-state index >= 15 is 0 Å². The number of nitrogens with one attached hydrogen (secondary N) is 1. The van der Waals surface area contributed by atoms with Crippen molar-refractivity contribution in [2.24, 2.45) is 0 Å². The maximum absolute atomic E-state index is 12.4. The van der Waals surface area contributed by atoms with Crippen LogP contribution in [0.3, 0.4) is 0 Å². The van der Waals surface area contributed by atoms with Crippen LogP contribution in [0.5, 0.6) is 0 Å². The van der Waals surface area contributed by atoms with Crippen molar-refractivity contribution in [3.05, 3.63) is 24.4 Å².